The number of benzene rings is 2. The Labute approximate surface area is 157 Å². The van der Waals surface area contributed by atoms with Gasteiger partial charge in [0.1, 0.15) is 11.4 Å². The monoisotopic (exact) mass is 383 g/mol. The van der Waals surface area contributed by atoms with E-state index in [1.165, 1.54) is 18.2 Å². The third-order valence-electron chi connectivity index (χ3n) is 4.22. The molecule has 0 atom stereocenters. The number of hydrogen-bond acceptors (Lipinski definition) is 5. The van der Waals surface area contributed by atoms with Gasteiger partial charge < -0.3 is 19.8 Å². The first-order valence-electron chi connectivity index (χ1n) is 8.30. The summed E-state index contributed by atoms with van der Waals surface area (Å²) in [6, 6.07) is 10.6. The standard InChI is InChI=1S/C19H14FN3O5/c20-14-4-2-1-3-11(14)9-23-18(25)13(8-21-19(23)26)17(24)22-12-5-6-15-16(7-12)28-10-27-15/h1-8H,9-10H2,(H,21,26)(H,22,24). The number of rotatable bonds is 4. The van der Waals surface area contributed by atoms with Crippen LogP contribution in [0.5, 0.6) is 11.5 Å². The van der Waals surface area contributed by atoms with Gasteiger partial charge in [-0.25, -0.2) is 9.18 Å². The third kappa shape index (κ3) is 3.25. The fourth-order valence-corrected chi connectivity index (χ4v) is 2.79. The molecule has 2 aromatic carbocycles. The number of amides is 1. The molecule has 0 saturated carbocycles. The van der Waals surface area contributed by atoms with E-state index >= 15 is 0 Å². The summed E-state index contributed by atoms with van der Waals surface area (Å²) in [6.45, 7) is -0.209. The minimum absolute atomic E-state index is 0.0907. The molecule has 1 amide bonds. The van der Waals surface area contributed by atoms with Gasteiger partial charge in [0.25, 0.3) is 11.5 Å². The fraction of sp³-hybridized carbons (Fsp3) is 0.105. The number of H-pyrrole nitrogens is 1. The fourth-order valence-electron chi connectivity index (χ4n) is 2.79. The average molecular weight is 383 g/mol. The number of halogens is 1. The van der Waals surface area contributed by atoms with Crippen molar-refractivity contribution in [1.82, 2.24) is 9.55 Å². The highest BCUT2D eigenvalue weighted by Gasteiger charge is 2.18. The van der Waals surface area contributed by atoms with E-state index in [2.05, 4.69) is 10.3 Å². The molecule has 9 heteroatoms. The van der Waals surface area contributed by atoms with Crippen molar-refractivity contribution in [3.63, 3.8) is 0 Å². The number of nitrogens with zero attached hydrogens (tertiary/aromatic N) is 1. The van der Waals surface area contributed by atoms with Crippen molar-refractivity contribution in [1.29, 1.82) is 0 Å². The lowest BCUT2D eigenvalue weighted by Crippen LogP contribution is -2.39. The van der Waals surface area contributed by atoms with E-state index in [9.17, 15) is 18.8 Å². The van der Waals surface area contributed by atoms with Gasteiger partial charge in [-0.3, -0.25) is 14.2 Å². The highest BCUT2D eigenvalue weighted by molar-refractivity contribution is 6.03. The summed E-state index contributed by atoms with van der Waals surface area (Å²) in [4.78, 5) is 39.5. The Morgan fingerprint density at radius 2 is 1.93 bits per heavy atom. The maximum Gasteiger partial charge on any atom is 0.328 e. The Hall–Kier alpha value is -3.88. The summed E-state index contributed by atoms with van der Waals surface area (Å²) >= 11 is 0. The van der Waals surface area contributed by atoms with Crippen molar-refractivity contribution in [2.75, 3.05) is 12.1 Å². The van der Waals surface area contributed by atoms with Crippen LogP contribution in [-0.2, 0) is 6.54 Å². The van der Waals surface area contributed by atoms with Crippen LogP contribution in [0.4, 0.5) is 10.1 Å². The minimum atomic E-state index is -0.828. The van der Waals surface area contributed by atoms with Crippen molar-refractivity contribution in [3.05, 3.63) is 86.4 Å². The molecule has 0 fully saturated rings. The molecule has 0 radical (unpaired) electrons. The quantitative estimate of drug-likeness (QED) is 0.714. The van der Waals surface area contributed by atoms with Crippen LogP contribution >= 0.6 is 0 Å². The molecule has 1 aromatic heterocycles. The van der Waals surface area contributed by atoms with E-state index in [0.717, 1.165) is 10.8 Å². The number of ether oxygens (including phenoxy) is 2. The van der Waals surface area contributed by atoms with E-state index in [1.807, 2.05) is 0 Å². The Kier molecular flexibility index (Phi) is 4.40. The van der Waals surface area contributed by atoms with Gasteiger partial charge in [-0.2, -0.15) is 0 Å². The second-order valence-electron chi connectivity index (χ2n) is 6.01. The van der Waals surface area contributed by atoms with Crippen molar-refractivity contribution in [2.24, 2.45) is 0 Å². The van der Waals surface area contributed by atoms with Crippen LogP contribution in [0.2, 0.25) is 0 Å². The molecule has 1 aliphatic rings. The van der Waals surface area contributed by atoms with Crippen LogP contribution in [0.3, 0.4) is 0 Å². The van der Waals surface area contributed by atoms with Crippen molar-refractivity contribution in [3.8, 4) is 11.5 Å². The lowest BCUT2D eigenvalue weighted by Gasteiger charge is -2.09. The Morgan fingerprint density at radius 3 is 2.75 bits per heavy atom. The number of aromatic amines is 1. The molecule has 1 aliphatic heterocycles. The molecule has 4 rings (SSSR count). The van der Waals surface area contributed by atoms with Gasteiger partial charge in [0, 0.05) is 23.5 Å². The molecule has 0 spiro atoms. The maximum atomic E-state index is 13.9. The molecule has 2 heterocycles. The van der Waals surface area contributed by atoms with Gasteiger partial charge in [0.05, 0.1) is 6.54 Å². The van der Waals surface area contributed by atoms with E-state index < -0.39 is 23.0 Å². The zero-order valence-electron chi connectivity index (χ0n) is 14.4. The van der Waals surface area contributed by atoms with Gasteiger partial charge in [-0.15, -0.1) is 0 Å². The molecule has 0 unspecified atom stereocenters. The zero-order valence-corrected chi connectivity index (χ0v) is 14.4. The van der Waals surface area contributed by atoms with Crippen LogP contribution in [0.15, 0.2) is 58.3 Å². The predicted molar refractivity (Wildman–Crippen MR) is 97.3 cm³/mol. The molecule has 0 aliphatic carbocycles. The smallest absolute Gasteiger partial charge is 0.328 e. The van der Waals surface area contributed by atoms with E-state index in [-0.39, 0.29) is 24.5 Å². The Balaban J connectivity index is 1.63. The van der Waals surface area contributed by atoms with E-state index in [4.69, 9.17) is 9.47 Å². The van der Waals surface area contributed by atoms with Crippen molar-refractivity contribution < 1.29 is 18.7 Å². The molecule has 142 valence electrons. The van der Waals surface area contributed by atoms with Gasteiger partial charge in [0.2, 0.25) is 6.79 Å². The van der Waals surface area contributed by atoms with Crippen molar-refractivity contribution in [2.45, 2.75) is 6.54 Å². The average Bonchev–Trinajstić information content (AvgIpc) is 3.14. The summed E-state index contributed by atoms with van der Waals surface area (Å²) in [6.07, 6.45) is 1.03. The molecular formula is C19H14FN3O5. The number of nitrogens with one attached hydrogen (secondary N) is 2. The molecular weight excluding hydrogens is 369 g/mol. The number of hydrogen-bond donors (Lipinski definition) is 2. The summed E-state index contributed by atoms with van der Waals surface area (Å²) in [5, 5.41) is 2.57. The van der Waals surface area contributed by atoms with E-state index in [1.54, 1.807) is 24.3 Å². The highest BCUT2D eigenvalue weighted by atomic mass is 19.1. The molecule has 0 bridgehead atoms. The Morgan fingerprint density at radius 1 is 1.14 bits per heavy atom. The largest absolute Gasteiger partial charge is 0.454 e. The second-order valence-corrected chi connectivity index (χ2v) is 6.01. The molecule has 3 aromatic rings. The number of fused-ring (bicyclic) bond motifs is 1. The lowest BCUT2D eigenvalue weighted by molar-refractivity contribution is 0.102. The van der Waals surface area contributed by atoms with Crippen LogP contribution in [0, 0.1) is 5.82 Å². The minimum Gasteiger partial charge on any atom is -0.454 e. The first-order valence-corrected chi connectivity index (χ1v) is 8.30. The number of anilines is 1. The molecule has 2 N–H and O–H groups in total. The topological polar surface area (TPSA) is 102 Å². The van der Waals surface area contributed by atoms with Gasteiger partial charge in [0.15, 0.2) is 11.5 Å². The molecule has 8 nitrogen and oxygen atoms in total. The number of aromatic nitrogens is 2. The SMILES string of the molecule is O=C(Nc1ccc2c(c1)OCO2)c1c[nH]c(=O)n(Cc2ccccc2F)c1=O. The highest BCUT2D eigenvalue weighted by Crippen LogP contribution is 2.34. The Bertz CT molecular complexity index is 1180. The van der Waals surface area contributed by atoms with Gasteiger partial charge >= 0.3 is 5.69 Å². The predicted octanol–water partition coefficient (Wildman–Crippen LogP) is 1.70. The van der Waals surface area contributed by atoms with Gasteiger partial charge in [-0.05, 0) is 18.2 Å². The molecule has 0 saturated heterocycles. The normalized spacial score (nSPS) is 12.0. The van der Waals surface area contributed by atoms with Gasteiger partial charge in [-0.1, -0.05) is 18.2 Å². The van der Waals surface area contributed by atoms with Crippen LogP contribution < -0.4 is 26.0 Å². The van der Waals surface area contributed by atoms with Crippen molar-refractivity contribution >= 4 is 11.6 Å². The van der Waals surface area contributed by atoms with E-state index in [0.29, 0.717) is 17.2 Å². The lowest BCUT2D eigenvalue weighted by atomic mass is 10.2. The zero-order chi connectivity index (χ0) is 19.7. The number of carbonyl (C=O) groups is 1. The second kappa shape index (κ2) is 7.03. The first kappa shape index (κ1) is 17.5. The van der Waals surface area contributed by atoms with Crippen LogP contribution in [0.25, 0.3) is 0 Å². The maximum absolute atomic E-state index is 13.9. The first-order chi connectivity index (χ1) is 13.5. The summed E-state index contributed by atoms with van der Waals surface area (Å²) in [7, 11) is 0. The summed E-state index contributed by atoms with van der Waals surface area (Å²) < 4.78 is 25.1. The number of carbonyl (C=O) groups excluding carboxylic acids is 1. The molecule has 28 heavy (non-hydrogen) atoms. The van der Waals surface area contributed by atoms with Crippen LogP contribution in [-0.4, -0.2) is 22.3 Å². The summed E-state index contributed by atoms with van der Waals surface area (Å²) in [5.41, 5.74) is -1.31. The summed E-state index contributed by atoms with van der Waals surface area (Å²) in [5.74, 6) is -0.253. The third-order valence-corrected chi connectivity index (χ3v) is 4.22. The van der Waals surface area contributed by atoms with Crippen LogP contribution in [0.1, 0.15) is 15.9 Å².